The molecule has 0 saturated carbocycles. The van der Waals surface area contributed by atoms with Gasteiger partial charge in [-0.15, -0.1) is 0 Å². The number of hydrogen-bond acceptors (Lipinski definition) is 4. The third kappa shape index (κ3) is 3.70. The van der Waals surface area contributed by atoms with Gasteiger partial charge in [-0.3, -0.25) is 4.79 Å². The molecular formula is C13H15BrF3N3O2. The summed E-state index contributed by atoms with van der Waals surface area (Å²) in [5, 5.41) is 2.60. The van der Waals surface area contributed by atoms with Crippen LogP contribution in [0.25, 0.3) is 0 Å². The summed E-state index contributed by atoms with van der Waals surface area (Å²) in [4.78, 5) is 15.7. The molecule has 1 amide bonds. The van der Waals surface area contributed by atoms with Crippen molar-refractivity contribution in [1.29, 1.82) is 0 Å². The molecule has 3 N–H and O–H groups in total. The molecule has 0 bridgehead atoms. The van der Waals surface area contributed by atoms with E-state index in [4.69, 9.17) is 10.5 Å². The molecule has 122 valence electrons. The minimum atomic E-state index is -4.60. The number of nitrogens with one attached hydrogen (secondary N) is 1. The maximum absolute atomic E-state index is 12.7. The number of amides is 1. The molecule has 1 unspecified atom stereocenters. The van der Waals surface area contributed by atoms with E-state index in [1.54, 1.807) is 0 Å². The van der Waals surface area contributed by atoms with E-state index in [9.17, 15) is 18.0 Å². The van der Waals surface area contributed by atoms with Crippen LogP contribution in [0.2, 0.25) is 0 Å². The van der Waals surface area contributed by atoms with Crippen LogP contribution in [0.15, 0.2) is 10.7 Å². The normalized spacial score (nSPS) is 21.9. The fraction of sp³-hybridized carbons (Fsp3) is 0.538. The molecule has 1 aliphatic rings. The highest BCUT2D eigenvalue weighted by molar-refractivity contribution is 9.10. The van der Waals surface area contributed by atoms with Crippen LogP contribution in [-0.2, 0) is 10.9 Å². The van der Waals surface area contributed by atoms with Gasteiger partial charge in [0.05, 0.1) is 16.9 Å². The molecule has 0 spiro atoms. The summed E-state index contributed by atoms with van der Waals surface area (Å²) in [6.07, 6.45) is -2.90. The summed E-state index contributed by atoms with van der Waals surface area (Å²) < 4.78 is 43.2. The number of nitrogens with two attached hydrogens (primary N) is 1. The highest BCUT2D eigenvalue weighted by atomic mass is 79.9. The Morgan fingerprint density at radius 1 is 1.59 bits per heavy atom. The van der Waals surface area contributed by atoms with Crippen LogP contribution in [0, 0.1) is 0 Å². The SMILES string of the molecule is CC1(CNC(=O)c2nc(Br)c(C(F)(F)F)cc2N)CCCO1. The molecule has 1 aromatic rings. The number of pyridine rings is 1. The van der Waals surface area contributed by atoms with Crippen molar-refractivity contribution in [1.82, 2.24) is 10.3 Å². The molecule has 5 nitrogen and oxygen atoms in total. The minimum absolute atomic E-state index is 0.242. The number of hydrogen-bond donors (Lipinski definition) is 2. The topological polar surface area (TPSA) is 77.2 Å². The first-order chi connectivity index (χ1) is 10.1. The quantitative estimate of drug-likeness (QED) is 0.789. The van der Waals surface area contributed by atoms with Gasteiger partial charge in [0.25, 0.3) is 5.91 Å². The lowest BCUT2D eigenvalue weighted by Crippen LogP contribution is -2.40. The van der Waals surface area contributed by atoms with Crippen molar-refractivity contribution in [3.8, 4) is 0 Å². The number of nitrogen functional groups attached to an aromatic ring is 1. The molecule has 22 heavy (non-hydrogen) atoms. The molecule has 1 fully saturated rings. The number of aromatic nitrogens is 1. The van der Waals surface area contributed by atoms with Crippen molar-refractivity contribution in [3.05, 3.63) is 21.9 Å². The van der Waals surface area contributed by atoms with E-state index in [-0.39, 0.29) is 17.9 Å². The van der Waals surface area contributed by atoms with Gasteiger partial charge in [-0.2, -0.15) is 13.2 Å². The lowest BCUT2D eigenvalue weighted by atomic mass is 10.0. The number of alkyl halides is 3. The van der Waals surface area contributed by atoms with Gasteiger partial charge in [0, 0.05) is 13.2 Å². The molecular weight excluding hydrogens is 367 g/mol. The average Bonchev–Trinajstić information content (AvgIpc) is 2.84. The van der Waals surface area contributed by atoms with Crippen molar-refractivity contribution >= 4 is 27.5 Å². The van der Waals surface area contributed by atoms with Crippen LogP contribution in [0.4, 0.5) is 18.9 Å². The van der Waals surface area contributed by atoms with Crippen LogP contribution in [-0.4, -0.2) is 29.6 Å². The van der Waals surface area contributed by atoms with Gasteiger partial charge in [0.1, 0.15) is 4.60 Å². The number of nitrogens with zero attached hydrogens (tertiary/aromatic N) is 1. The minimum Gasteiger partial charge on any atom is -0.397 e. The van der Waals surface area contributed by atoms with E-state index in [1.165, 1.54) is 0 Å². The van der Waals surface area contributed by atoms with Gasteiger partial charge in [0.15, 0.2) is 5.69 Å². The predicted molar refractivity (Wildman–Crippen MR) is 77.3 cm³/mol. The predicted octanol–water partition coefficient (Wildman–Crippen LogP) is 2.74. The number of carbonyl (C=O) groups is 1. The summed E-state index contributed by atoms with van der Waals surface area (Å²) in [5.74, 6) is -0.636. The van der Waals surface area contributed by atoms with Gasteiger partial charge in [-0.05, 0) is 41.8 Å². The Hall–Kier alpha value is -1.35. The molecule has 1 atom stereocenters. The molecule has 9 heteroatoms. The fourth-order valence-electron chi connectivity index (χ4n) is 2.21. The molecule has 2 rings (SSSR count). The second-order valence-corrected chi connectivity index (χ2v) is 6.10. The number of ether oxygens (including phenoxy) is 1. The van der Waals surface area contributed by atoms with Gasteiger partial charge >= 0.3 is 6.18 Å². The second-order valence-electron chi connectivity index (χ2n) is 5.35. The largest absolute Gasteiger partial charge is 0.419 e. The zero-order valence-electron chi connectivity index (χ0n) is 11.8. The first-order valence-corrected chi connectivity index (χ1v) is 7.37. The van der Waals surface area contributed by atoms with Crippen LogP contribution < -0.4 is 11.1 Å². The molecule has 1 aromatic heterocycles. The van der Waals surface area contributed by atoms with Crippen molar-refractivity contribution in [2.45, 2.75) is 31.5 Å². The van der Waals surface area contributed by atoms with E-state index in [0.717, 1.165) is 12.8 Å². The smallest absolute Gasteiger partial charge is 0.397 e. The van der Waals surface area contributed by atoms with E-state index in [0.29, 0.717) is 12.7 Å². The van der Waals surface area contributed by atoms with E-state index < -0.39 is 27.9 Å². The van der Waals surface area contributed by atoms with Crippen LogP contribution in [0.3, 0.4) is 0 Å². The third-order valence-corrected chi connectivity index (χ3v) is 4.05. The summed E-state index contributed by atoms with van der Waals surface area (Å²) >= 11 is 2.72. The van der Waals surface area contributed by atoms with Gasteiger partial charge in [-0.25, -0.2) is 4.98 Å². The monoisotopic (exact) mass is 381 g/mol. The van der Waals surface area contributed by atoms with Crippen molar-refractivity contribution in [2.75, 3.05) is 18.9 Å². The molecule has 1 saturated heterocycles. The Balaban J connectivity index is 2.15. The van der Waals surface area contributed by atoms with Gasteiger partial charge in [-0.1, -0.05) is 0 Å². The average molecular weight is 382 g/mol. The molecule has 1 aliphatic heterocycles. The van der Waals surface area contributed by atoms with Crippen molar-refractivity contribution < 1.29 is 22.7 Å². The molecule has 0 radical (unpaired) electrons. The van der Waals surface area contributed by atoms with Gasteiger partial charge in [0.2, 0.25) is 0 Å². The number of anilines is 1. The summed E-state index contributed by atoms with van der Waals surface area (Å²) in [7, 11) is 0. The maximum atomic E-state index is 12.7. The number of carbonyl (C=O) groups excluding carboxylic acids is 1. The summed E-state index contributed by atoms with van der Waals surface area (Å²) in [6.45, 7) is 2.73. The lowest BCUT2D eigenvalue weighted by Gasteiger charge is -2.23. The van der Waals surface area contributed by atoms with Crippen LogP contribution >= 0.6 is 15.9 Å². The molecule has 2 heterocycles. The number of halogens is 4. The Kier molecular flexibility index (Phi) is 4.67. The Morgan fingerprint density at radius 2 is 2.27 bits per heavy atom. The summed E-state index contributed by atoms with van der Waals surface area (Å²) in [5.41, 5.74) is 3.47. The highest BCUT2D eigenvalue weighted by Gasteiger charge is 2.35. The van der Waals surface area contributed by atoms with Crippen molar-refractivity contribution in [2.24, 2.45) is 0 Å². The highest BCUT2D eigenvalue weighted by Crippen LogP contribution is 2.35. The number of rotatable bonds is 3. The zero-order valence-corrected chi connectivity index (χ0v) is 13.3. The lowest BCUT2D eigenvalue weighted by molar-refractivity contribution is -0.138. The van der Waals surface area contributed by atoms with E-state index in [1.807, 2.05) is 6.92 Å². The fourth-order valence-corrected chi connectivity index (χ4v) is 2.73. The molecule has 0 aliphatic carbocycles. The Bertz CT molecular complexity index is 587. The standard InChI is InChI=1S/C13H15BrF3N3O2/c1-12(3-2-4-22-12)6-19-11(21)9-8(18)5-7(10(14)20-9)13(15,16)17/h5H,2-4,6,18H2,1H3,(H,19,21). The van der Waals surface area contributed by atoms with Crippen molar-refractivity contribution in [3.63, 3.8) is 0 Å². The van der Waals surface area contributed by atoms with Gasteiger partial charge < -0.3 is 15.8 Å². The maximum Gasteiger partial charge on any atom is 0.419 e. The Morgan fingerprint density at radius 3 is 2.82 bits per heavy atom. The second kappa shape index (κ2) is 6.04. The third-order valence-electron chi connectivity index (χ3n) is 3.45. The molecule has 0 aromatic carbocycles. The Labute approximate surface area is 133 Å². The van der Waals surface area contributed by atoms with Crippen LogP contribution in [0.1, 0.15) is 35.8 Å². The first kappa shape index (κ1) is 17.0. The van der Waals surface area contributed by atoms with Crippen LogP contribution in [0.5, 0.6) is 0 Å². The van der Waals surface area contributed by atoms with E-state index >= 15 is 0 Å². The summed E-state index contributed by atoms with van der Waals surface area (Å²) in [6, 6.07) is 0.694. The zero-order chi connectivity index (χ0) is 16.5. The first-order valence-electron chi connectivity index (χ1n) is 6.58. The van der Waals surface area contributed by atoms with E-state index in [2.05, 4.69) is 26.2 Å².